The third-order valence-corrected chi connectivity index (χ3v) is 12.5. The van der Waals surface area contributed by atoms with Crippen molar-refractivity contribution >= 4 is 17.9 Å². The minimum Gasteiger partial charge on any atom is -0.462 e. The van der Waals surface area contributed by atoms with E-state index in [2.05, 4.69) is 27.7 Å². The molecule has 0 aromatic carbocycles. The van der Waals surface area contributed by atoms with E-state index in [9.17, 15) is 14.4 Å². The highest BCUT2D eigenvalue weighted by atomic mass is 16.6. The molecule has 0 spiro atoms. The van der Waals surface area contributed by atoms with Gasteiger partial charge in [-0.05, 0) is 25.2 Å². The van der Waals surface area contributed by atoms with Crippen molar-refractivity contribution in [2.45, 2.75) is 316 Å². The van der Waals surface area contributed by atoms with Gasteiger partial charge in [-0.1, -0.05) is 272 Å². The van der Waals surface area contributed by atoms with Gasteiger partial charge in [-0.3, -0.25) is 14.4 Å². The van der Waals surface area contributed by atoms with Gasteiger partial charge in [0.05, 0.1) is 0 Å². The molecule has 0 aliphatic heterocycles. The largest absolute Gasteiger partial charge is 0.462 e. The summed E-state index contributed by atoms with van der Waals surface area (Å²) in [6.07, 6.45) is 52.4. The Labute approximate surface area is 380 Å². The van der Waals surface area contributed by atoms with E-state index in [0.717, 1.165) is 63.7 Å². The van der Waals surface area contributed by atoms with Crippen molar-refractivity contribution in [2.75, 3.05) is 13.2 Å². The predicted octanol–water partition coefficient (Wildman–Crippen LogP) is 17.8. The third kappa shape index (κ3) is 49.3. The molecular weight excluding hydrogens is 757 g/mol. The van der Waals surface area contributed by atoms with E-state index in [1.54, 1.807) is 0 Å². The topological polar surface area (TPSA) is 78.9 Å². The molecule has 0 radical (unpaired) electrons. The van der Waals surface area contributed by atoms with Crippen molar-refractivity contribution < 1.29 is 28.6 Å². The average Bonchev–Trinajstić information content (AvgIpc) is 3.24. The lowest BCUT2D eigenvalue weighted by Crippen LogP contribution is -2.30. The smallest absolute Gasteiger partial charge is 0.306 e. The summed E-state index contributed by atoms with van der Waals surface area (Å²) < 4.78 is 16.8. The monoisotopic (exact) mass is 863 g/mol. The Balaban J connectivity index is 4.23. The van der Waals surface area contributed by atoms with Crippen LogP contribution in [0, 0.1) is 5.92 Å². The van der Waals surface area contributed by atoms with Crippen LogP contribution in [0.2, 0.25) is 0 Å². The Kier molecular flexibility index (Phi) is 48.1. The number of esters is 3. The molecule has 0 bridgehead atoms. The fourth-order valence-corrected chi connectivity index (χ4v) is 8.39. The molecule has 362 valence electrons. The lowest BCUT2D eigenvalue weighted by molar-refractivity contribution is -0.167. The lowest BCUT2D eigenvalue weighted by Gasteiger charge is -2.18. The predicted molar refractivity (Wildman–Crippen MR) is 261 cm³/mol. The van der Waals surface area contributed by atoms with Crippen molar-refractivity contribution in [3.63, 3.8) is 0 Å². The summed E-state index contributed by atoms with van der Waals surface area (Å²) in [5, 5.41) is 0. The van der Waals surface area contributed by atoms with Crippen molar-refractivity contribution in [1.29, 1.82) is 0 Å². The number of hydrogen-bond acceptors (Lipinski definition) is 6. The Hall–Kier alpha value is -1.59. The molecule has 0 aromatic rings. The van der Waals surface area contributed by atoms with Crippen molar-refractivity contribution in [3.05, 3.63) is 0 Å². The lowest BCUT2D eigenvalue weighted by atomic mass is 10.0. The Morgan fingerprint density at radius 1 is 0.311 bits per heavy atom. The summed E-state index contributed by atoms with van der Waals surface area (Å²) in [5.41, 5.74) is 0. The van der Waals surface area contributed by atoms with Crippen LogP contribution in [0.15, 0.2) is 0 Å². The number of unbranched alkanes of at least 4 members (excludes halogenated alkanes) is 37. The molecule has 0 aliphatic rings. The van der Waals surface area contributed by atoms with Gasteiger partial charge in [-0.15, -0.1) is 0 Å². The maximum atomic E-state index is 12.8. The van der Waals surface area contributed by atoms with Crippen molar-refractivity contribution in [2.24, 2.45) is 5.92 Å². The first-order valence-corrected chi connectivity index (χ1v) is 27.4. The first kappa shape index (κ1) is 59.4. The van der Waals surface area contributed by atoms with E-state index >= 15 is 0 Å². The molecule has 0 N–H and O–H groups in total. The molecule has 0 unspecified atom stereocenters. The standard InChI is InChI=1S/C55H106O6/c1-5-7-9-11-13-15-17-19-21-22-23-25-27-29-31-35-39-43-47-54(57)60-50-52(61-55(58)48-44-40-36-32-33-37-41-45-51(3)4)49-59-53(56)46-42-38-34-30-28-26-24-20-18-16-14-12-10-8-6-2/h51-52H,5-50H2,1-4H3/t52-/m1/s1. The summed E-state index contributed by atoms with van der Waals surface area (Å²) in [6.45, 7) is 8.99. The van der Waals surface area contributed by atoms with Crippen LogP contribution in [-0.2, 0) is 28.6 Å². The molecule has 0 saturated heterocycles. The van der Waals surface area contributed by atoms with Crippen LogP contribution in [0.1, 0.15) is 310 Å². The molecule has 0 heterocycles. The van der Waals surface area contributed by atoms with Crippen LogP contribution in [0.4, 0.5) is 0 Å². The summed E-state index contributed by atoms with van der Waals surface area (Å²) >= 11 is 0. The van der Waals surface area contributed by atoms with E-state index in [4.69, 9.17) is 14.2 Å². The van der Waals surface area contributed by atoms with Gasteiger partial charge in [0.1, 0.15) is 13.2 Å². The minimum absolute atomic E-state index is 0.0633. The van der Waals surface area contributed by atoms with Gasteiger partial charge in [0.25, 0.3) is 0 Å². The average molecular weight is 863 g/mol. The van der Waals surface area contributed by atoms with E-state index in [-0.39, 0.29) is 31.1 Å². The molecule has 6 nitrogen and oxygen atoms in total. The summed E-state index contributed by atoms with van der Waals surface area (Å²) in [6, 6.07) is 0. The first-order valence-electron chi connectivity index (χ1n) is 27.4. The van der Waals surface area contributed by atoms with E-state index in [1.165, 1.54) is 205 Å². The number of hydrogen-bond donors (Lipinski definition) is 0. The second-order valence-corrected chi connectivity index (χ2v) is 19.3. The van der Waals surface area contributed by atoms with Gasteiger partial charge in [-0.2, -0.15) is 0 Å². The second kappa shape index (κ2) is 49.4. The fraction of sp³-hybridized carbons (Fsp3) is 0.945. The van der Waals surface area contributed by atoms with E-state index in [1.807, 2.05) is 0 Å². The summed E-state index contributed by atoms with van der Waals surface area (Å²) in [7, 11) is 0. The Morgan fingerprint density at radius 3 is 0.803 bits per heavy atom. The van der Waals surface area contributed by atoms with Crippen LogP contribution in [0.5, 0.6) is 0 Å². The molecule has 0 rings (SSSR count). The van der Waals surface area contributed by atoms with Gasteiger partial charge in [0.2, 0.25) is 0 Å². The Bertz CT molecular complexity index is 918. The maximum Gasteiger partial charge on any atom is 0.306 e. The fourth-order valence-electron chi connectivity index (χ4n) is 8.39. The molecule has 1 atom stereocenters. The molecule has 0 aliphatic carbocycles. The molecule has 0 fully saturated rings. The summed E-state index contributed by atoms with van der Waals surface area (Å²) in [5.74, 6) is -0.0663. The van der Waals surface area contributed by atoms with Gasteiger partial charge >= 0.3 is 17.9 Å². The van der Waals surface area contributed by atoms with Crippen molar-refractivity contribution in [1.82, 2.24) is 0 Å². The quantitative estimate of drug-likeness (QED) is 0.0344. The molecule has 61 heavy (non-hydrogen) atoms. The molecule has 0 saturated carbocycles. The number of carbonyl (C=O) groups excluding carboxylic acids is 3. The van der Waals surface area contributed by atoms with E-state index < -0.39 is 6.10 Å². The Morgan fingerprint density at radius 2 is 0.541 bits per heavy atom. The zero-order valence-corrected chi connectivity index (χ0v) is 41.6. The van der Waals surface area contributed by atoms with Crippen molar-refractivity contribution in [3.8, 4) is 0 Å². The third-order valence-electron chi connectivity index (χ3n) is 12.5. The molecule has 6 heteroatoms. The summed E-state index contributed by atoms with van der Waals surface area (Å²) in [4.78, 5) is 38.0. The van der Waals surface area contributed by atoms with Crippen LogP contribution >= 0.6 is 0 Å². The highest BCUT2D eigenvalue weighted by Crippen LogP contribution is 2.17. The second-order valence-electron chi connectivity index (χ2n) is 19.3. The number of carbonyl (C=O) groups is 3. The maximum absolute atomic E-state index is 12.8. The molecule has 0 amide bonds. The molecular formula is C55H106O6. The van der Waals surface area contributed by atoms with Gasteiger partial charge in [0.15, 0.2) is 6.10 Å². The number of ether oxygens (including phenoxy) is 3. The van der Waals surface area contributed by atoms with Crippen LogP contribution in [0.3, 0.4) is 0 Å². The normalized spacial score (nSPS) is 12.0. The van der Waals surface area contributed by atoms with Crippen LogP contribution < -0.4 is 0 Å². The van der Waals surface area contributed by atoms with Crippen LogP contribution in [0.25, 0.3) is 0 Å². The zero-order chi connectivity index (χ0) is 44.5. The molecule has 0 aromatic heterocycles. The zero-order valence-electron chi connectivity index (χ0n) is 41.6. The SMILES string of the molecule is CCCCCCCCCCCCCCCCCCCCC(=O)OC[C@@H](COC(=O)CCCCCCCCCCCCCCCCC)OC(=O)CCCCCCCCCC(C)C. The minimum atomic E-state index is -0.761. The van der Waals surface area contributed by atoms with Gasteiger partial charge in [-0.25, -0.2) is 0 Å². The van der Waals surface area contributed by atoms with Gasteiger partial charge in [0, 0.05) is 19.3 Å². The van der Waals surface area contributed by atoms with Gasteiger partial charge < -0.3 is 14.2 Å². The van der Waals surface area contributed by atoms with E-state index in [0.29, 0.717) is 19.3 Å². The number of rotatable bonds is 50. The first-order chi connectivity index (χ1) is 29.9. The van der Waals surface area contributed by atoms with Crippen LogP contribution in [-0.4, -0.2) is 37.2 Å². The highest BCUT2D eigenvalue weighted by Gasteiger charge is 2.19. The highest BCUT2D eigenvalue weighted by molar-refractivity contribution is 5.71.